The van der Waals surface area contributed by atoms with Crippen LogP contribution in [0.1, 0.15) is 35.7 Å². The van der Waals surface area contributed by atoms with Crippen LogP contribution in [0, 0.1) is 0 Å². The third-order valence-corrected chi connectivity index (χ3v) is 4.43. The zero-order chi connectivity index (χ0) is 20.6. The molecule has 2 aromatic carbocycles. The molecule has 152 valence electrons. The molecule has 0 aromatic heterocycles. The number of hydrogen-bond donors (Lipinski definition) is 2. The summed E-state index contributed by atoms with van der Waals surface area (Å²) < 4.78 is 5.01. The molecule has 0 atom stereocenters. The number of nitrogens with one attached hydrogen (secondary N) is 2. The summed E-state index contributed by atoms with van der Waals surface area (Å²) in [5, 5.41) is 5.59. The van der Waals surface area contributed by atoms with E-state index >= 15 is 0 Å². The number of urea groups is 1. The van der Waals surface area contributed by atoms with E-state index in [2.05, 4.69) is 10.6 Å². The van der Waals surface area contributed by atoms with Gasteiger partial charge < -0.3 is 20.3 Å². The zero-order valence-corrected chi connectivity index (χ0v) is 16.4. The molecule has 3 rings (SSSR count). The molecule has 0 spiro atoms. The number of rotatable bonds is 8. The maximum absolute atomic E-state index is 13.0. The van der Waals surface area contributed by atoms with Gasteiger partial charge in [0, 0.05) is 23.8 Å². The van der Waals surface area contributed by atoms with E-state index in [-0.39, 0.29) is 31.1 Å². The highest BCUT2D eigenvalue weighted by Crippen LogP contribution is 2.19. The highest BCUT2D eigenvalue weighted by Gasteiger charge is 2.23. The summed E-state index contributed by atoms with van der Waals surface area (Å²) in [5.41, 5.74) is 1.94. The quantitative estimate of drug-likeness (QED) is 0.672. The first-order chi connectivity index (χ1) is 14.0. The van der Waals surface area contributed by atoms with Gasteiger partial charge in [0.2, 0.25) is 0 Å². The molecule has 2 aromatic rings. The number of anilines is 1. The van der Waals surface area contributed by atoms with Crippen molar-refractivity contribution in [3.63, 3.8) is 0 Å². The van der Waals surface area contributed by atoms with Gasteiger partial charge >= 0.3 is 12.0 Å². The van der Waals surface area contributed by atoms with Crippen molar-refractivity contribution < 1.29 is 19.1 Å². The van der Waals surface area contributed by atoms with Crippen LogP contribution in [0.2, 0.25) is 0 Å². The predicted octanol–water partition coefficient (Wildman–Crippen LogP) is 3.18. The first-order valence-electron chi connectivity index (χ1n) is 9.71. The molecular formula is C22H25N3O4. The van der Waals surface area contributed by atoms with Crippen molar-refractivity contribution in [1.29, 1.82) is 0 Å². The van der Waals surface area contributed by atoms with Crippen molar-refractivity contribution in [3.05, 3.63) is 65.7 Å². The lowest BCUT2D eigenvalue weighted by atomic mass is 10.1. The molecular weight excluding hydrogens is 370 g/mol. The topological polar surface area (TPSA) is 87.7 Å². The Hall–Kier alpha value is -3.35. The Kier molecular flexibility index (Phi) is 6.84. The van der Waals surface area contributed by atoms with Gasteiger partial charge in [0.25, 0.3) is 5.91 Å². The Bertz CT molecular complexity index is 848. The summed E-state index contributed by atoms with van der Waals surface area (Å²) in [6, 6.07) is 16.1. The molecule has 0 bridgehead atoms. The fourth-order valence-electron chi connectivity index (χ4n) is 2.82. The number of nitrogens with zero attached hydrogens (tertiary/aromatic N) is 1. The van der Waals surface area contributed by atoms with E-state index < -0.39 is 5.97 Å². The van der Waals surface area contributed by atoms with Crippen molar-refractivity contribution in [2.45, 2.75) is 32.4 Å². The molecule has 1 aliphatic rings. The van der Waals surface area contributed by atoms with Crippen LogP contribution in [0.25, 0.3) is 0 Å². The molecule has 7 nitrogen and oxygen atoms in total. The summed E-state index contributed by atoms with van der Waals surface area (Å²) in [6.07, 6.45) is 2.02. The largest absolute Gasteiger partial charge is 0.465 e. The molecule has 2 N–H and O–H groups in total. The van der Waals surface area contributed by atoms with Gasteiger partial charge in [0.1, 0.15) is 6.54 Å². The predicted molar refractivity (Wildman–Crippen MR) is 109 cm³/mol. The van der Waals surface area contributed by atoms with E-state index in [1.54, 1.807) is 31.2 Å². The molecule has 1 fully saturated rings. The fourth-order valence-corrected chi connectivity index (χ4v) is 2.82. The first kappa shape index (κ1) is 20.4. The lowest BCUT2D eigenvalue weighted by molar-refractivity contribution is -0.143. The average molecular weight is 395 g/mol. The maximum atomic E-state index is 13.0. The molecule has 0 heterocycles. The molecule has 29 heavy (non-hydrogen) atoms. The lowest BCUT2D eigenvalue weighted by Gasteiger charge is -2.22. The molecule has 0 saturated heterocycles. The highest BCUT2D eigenvalue weighted by atomic mass is 16.5. The lowest BCUT2D eigenvalue weighted by Crippen LogP contribution is -2.36. The Morgan fingerprint density at radius 1 is 1.03 bits per heavy atom. The summed E-state index contributed by atoms with van der Waals surface area (Å²) >= 11 is 0. The van der Waals surface area contributed by atoms with Crippen molar-refractivity contribution in [1.82, 2.24) is 10.2 Å². The van der Waals surface area contributed by atoms with Gasteiger partial charge in [-0.05, 0) is 49.6 Å². The van der Waals surface area contributed by atoms with Crippen LogP contribution in [0.4, 0.5) is 10.5 Å². The van der Waals surface area contributed by atoms with Gasteiger partial charge in [-0.25, -0.2) is 4.79 Å². The highest BCUT2D eigenvalue weighted by molar-refractivity contribution is 5.97. The third-order valence-electron chi connectivity index (χ3n) is 4.43. The minimum atomic E-state index is -0.452. The maximum Gasteiger partial charge on any atom is 0.325 e. The number of carbonyl (C=O) groups excluding carboxylic acids is 3. The van der Waals surface area contributed by atoms with Crippen molar-refractivity contribution in [2.24, 2.45) is 0 Å². The van der Waals surface area contributed by atoms with E-state index in [0.717, 1.165) is 18.4 Å². The number of hydrogen-bond acceptors (Lipinski definition) is 4. The van der Waals surface area contributed by atoms with E-state index in [9.17, 15) is 14.4 Å². The van der Waals surface area contributed by atoms with E-state index in [1.807, 2.05) is 30.3 Å². The minimum Gasteiger partial charge on any atom is -0.465 e. The van der Waals surface area contributed by atoms with Crippen molar-refractivity contribution in [3.8, 4) is 0 Å². The zero-order valence-electron chi connectivity index (χ0n) is 16.4. The number of esters is 1. The van der Waals surface area contributed by atoms with Crippen LogP contribution < -0.4 is 10.6 Å². The summed E-state index contributed by atoms with van der Waals surface area (Å²) in [5.74, 6) is -0.734. The van der Waals surface area contributed by atoms with E-state index in [1.165, 1.54) is 4.90 Å². The van der Waals surface area contributed by atoms with Crippen molar-refractivity contribution >= 4 is 23.6 Å². The van der Waals surface area contributed by atoms with Gasteiger partial charge in [-0.1, -0.05) is 30.3 Å². The molecule has 0 radical (unpaired) electrons. The monoisotopic (exact) mass is 395 g/mol. The average Bonchev–Trinajstić information content (AvgIpc) is 3.52. The molecule has 1 saturated carbocycles. The van der Waals surface area contributed by atoms with Gasteiger partial charge in [0.15, 0.2) is 0 Å². The number of amides is 3. The fraction of sp³-hybridized carbons (Fsp3) is 0.318. The van der Waals surface area contributed by atoms with Gasteiger partial charge in [0.05, 0.1) is 6.61 Å². The molecule has 3 amide bonds. The number of ether oxygens (including phenoxy) is 1. The van der Waals surface area contributed by atoms with Crippen LogP contribution in [-0.2, 0) is 16.1 Å². The van der Waals surface area contributed by atoms with Gasteiger partial charge in [-0.2, -0.15) is 0 Å². The molecule has 7 heteroatoms. The normalized spacial score (nSPS) is 12.7. The van der Waals surface area contributed by atoms with Crippen LogP contribution in [0.3, 0.4) is 0 Å². The Morgan fingerprint density at radius 3 is 2.34 bits per heavy atom. The Balaban J connectivity index is 1.68. The van der Waals surface area contributed by atoms with Crippen LogP contribution in [0.15, 0.2) is 54.6 Å². The van der Waals surface area contributed by atoms with E-state index in [0.29, 0.717) is 17.8 Å². The SMILES string of the molecule is CCOC(=O)CN(Cc1ccccc1)C(=O)c1ccc(NC(=O)NC2CC2)cc1. The van der Waals surface area contributed by atoms with Gasteiger partial charge in [-0.15, -0.1) is 0 Å². The van der Waals surface area contributed by atoms with Gasteiger partial charge in [-0.3, -0.25) is 9.59 Å². The summed E-state index contributed by atoms with van der Waals surface area (Å²) in [7, 11) is 0. The van der Waals surface area contributed by atoms with Crippen LogP contribution in [-0.4, -0.2) is 42.0 Å². The number of carbonyl (C=O) groups is 3. The van der Waals surface area contributed by atoms with E-state index in [4.69, 9.17) is 4.74 Å². The molecule has 0 aliphatic heterocycles. The molecule has 0 unspecified atom stereocenters. The Morgan fingerprint density at radius 2 is 1.72 bits per heavy atom. The summed E-state index contributed by atoms with van der Waals surface area (Å²) in [4.78, 5) is 38.3. The van der Waals surface area contributed by atoms with Crippen LogP contribution >= 0.6 is 0 Å². The third kappa shape index (κ3) is 6.34. The van der Waals surface area contributed by atoms with Crippen molar-refractivity contribution in [2.75, 3.05) is 18.5 Å². The second kappa shape index (κ2) is 9.73. The standard InChI is InChI=1S/C22H25N3O4/c1-2-29-20(26)15-25(14-16-6-4-3-5-7-16)21(27)17-8-10-18(11-9-17)23-22(28)24-19-12-13-19/h3-11,19H,2,12-15H2,1H3,(H2,23,24,28). The Labute approximate surface area is 170 Å². The second-order valence-electron chi connectivity index (χ2n) is 6.90. The minimum absolute atomic E-state index is 0.134. The second-order valence-corrected chi connectivity index (χ2v) is 6.90. The smallest absolute Gasteiger partial charge is 0.325 e. The first-order valence-corrected chi connectivity index (χ1v) is 9.71. The van der Waals surface area contributed by atoms with Crippen LogP contribution in [0.5, 0.6) is 0 Å². The number of benzene rings is 2. The molecule has 1 aliphatic carbocycles. The summed E-state index contributed by atoms with van der Waals surface area (Å²) in [6.45, 7) is 2.15.